The second-order valence-corrected chi connectivity index (χ2v) is 8.43. The van der Waals surface area contributed by atoms with Gasteiger partial charge in [-0.3, -0.25) is 4.79 Å². The van der Waals surface area contributed by atoms with Gasteiger partial charge in [0.05, 0.1) is 4.90 Å². The molecule has 3 rings (SSSR count). The Labute approximate surface area is 165 Å². The van der Waals surface area contributed by atoms with E-state index in [4.69, 9.17) is 4.74 Å². The van der Waals surface area contributed by atoms with E-state index in [9.17, 15) is 13.2 Å². The van der Waals surface area contributed by atoms with Crippen LogP contribution in [-0.4, -0.2) is 27.0 Å². The number of hydrogen-bond donors (Lipinski definition) is 2. The number of sulfonamides is 1. The lowest BCUT2D eigenvalue weighted by molar-refractivity contribution is -0.116. The van der Waals surface area contributed by atoms with Gasteiger partial charge in [-0.15, -0.1) is 0 Å². The Kier molecular flexibility index (Phi) is 6.49. The van der Waals surface area contributed by atoms with Gasteiger partial charge in [0.15, 0.2) is 0 Å². The van der Waals surface area contributed by atoms with Gasteiger partial charge in [-0.1, -0.05) is 30.9 Å². The van der Waals surface area contributed by atoms with E-state index >= 15 is 0 Å². The lowest BCUT2D eigenvalue weighted by atomic mass is 10.1. The number of carbonyl (C=O) groups excluding carboxylic acids is 1. The molecule has 2 aromatic rings. The van der Waals surface area contributed by atoms with Gasteiger partial charge in [0.2, 0.25) is 15.9 Å². The summed E-state index contributed by atoms with van der Waals surface area (Å²) < 4.78 is 32.4. The normalized spacial score (nSPS) is 13.7. The molecule has 1 fully saturated rings. The molecule has 7 heteroatoms. The van der Waals surface area contributed by atoms with Crippen molar-refractivity contribution in [1.29, 1.82) is 0 Å². The minimum absolute atomic E-state index is 0.0778. The third-order valence-electron chi connectivity index (χ3n) is 4.26. The van der Waals surface area contributed by atoms with E-state index < -0.39 is 10.0 Å². The van der Waals surface area contributed by atoms with Crippen LogP contribution >= 0.6 is 0 Å². The van der Waals surface area contributed by atoms with Crippen molar-refractivity contribution in [1.82, 2.24) is 4.72 Å². The molecule has 0 radical (unpaired) electrons. The van der Waals surface area contributed by atoms with Gasteiger partial charge in [0.1, 0.15) is 12.4 Å². The molecule has 0 unspecified atom stereocenters. The van der Waals surface area contributed by atoms with E-state index in [0.717, 1.165) is 18.4 Å². The molecule has 0 aliphatic heterocycles. The summed E-state index contributed by atoms with van der Waals surface area (Å²) in [5.74, 6) is 0.544. The van der Waals surface area contributed by atoms with Crippen LogP contribution in [0.25, 0.3) is 0 Å². The summed E-state index contributed by atoms with van der Waals surface area (Å²) >= 11 is 0. The molecular weight excluding hydrogens is 376 g/mol. The van der Waals surface area contributed by atoms with Crippen LogP contribution in [-0.2, 0) is 21.2 Å². The molecule has 0 atom stereocenters. The number of ether oxygens (including phenoxy) is 1. The van der Waals surface area contributed by atoms with Gasteiger partial charge in [-0.2, -0.15) is 0 Å². The van der Waals surface area contributed by atoms with Crippen molar-refractivity contribution in [2.75, 3.05) is 11.9 Å². The van der Waals surface area contributed by atoms with Gasteiger partial charge >= 0.3 is 0 Å². The monoisotopic (exact) mass is 400 g/mol. The molecule has 0 aromatic heterocycles. The average Bonchev–Trinajstić information content (AvgIpc) is 3.49. The van der Waals surface area contributed by atoms with Crippen LogP contribution in [0.3, 0.4) is 0 Å². The van der Waals surface area contributed by atoms with Crippen molar-refractivity contribution >= 4 is 21.6 Å². The van der Waals surface area contributed by atoms with Crippen LogP contribution in [0.2, 0.25) is 0 Å². The zero-order valence-electron chi connectivity index (χ0n) is 15.6. The topological polar surface area (TPSA) is 84.5 Å². The zero-order valence-corrected chi connectivity index (χ0v) is 16.4. The highest BCUT2D eigenvalue weighted by atomic mass is 32.2. The summed E-state index contributed by atoms with van der Waals surface area (Å²) in [6, 6.07) is 13.9. The maximum absolute atomic E-state index is 12.2. The van der Waals surface area contributed by atoms with Crippen LogP contribution < -0.4 is 14.8 Å². The number of benzene rings is 2. The van der Waals surface area contributed by atoms with Crippen molar-refractivity contribution in [3.8, 4) is 5.75 Å². The number of anilines is 1. The predicted molar refractivity (Wildman–Crippen MR) is 109 cm³/mol. The van der Waals surface area contributed by atoms with Crippen molar-refractivity contribution < 1.29 is 17.9 Å². The number of nitrogens with one attached hydrogen (secondary N) is 2. The van der Waals surface area contributed by atoms with Crippen molar-refractivity contribution in [3.05, 3.63) is 66.7 Å². The van der Waals surface area contributed by atoms with Crippen LogP contribution in [0.15, 0.2) is 66.1 Å². The highest BCUT2D eigenvalue weighted by molar-refractivity contribution is 7.89. The maximum atomic E-state index is 12.2. The van der Waals surface area contributed by atoms with E-state index in [1.807, 2.05) is 12.1 Å². The largest absolute Gasteiger partial charge is 0.489 e. The Morgan fingerprint density at radius 1 is 1.18 bits per heavy atom. The zero-order chi connectivity index (χ0) is 20.0. The Bertz CT molecular complexity index is 935. The van der Waals surface area contributed by atoms with Gasteiger partial charge in [0.25, 0.3) is 0 Å². The molecule has 2 N–H and O–H groups in total. The highest BCUT2D eigenvalue weighted by Crippen LogP contribution is 2.22. The molecule has 1 amide bonds. The first-order valence-corrected chi connectivity index (χ1v) is 10.7. The summed E-state index contributed by atoms with van der Waals surface area (Å²) in [6.07, 6.45) is 4.27. The van der Waals surface area contributed by atoms with Crippen LogP contribution in [0.5, 0.6) is 5.75 Å². The lowest BCUT2D eigenvalue weighted by Gasteiger charge is -2.09. The fourth-order valence-corrected chi connectivity index (χ4v) is 3.93. The molecule has 148 valence electrons. The summed E-state index contributed by atoms with van der Waals surface area (Å²) in [5, 5.41) is 2.84. The SMILES string of the molecule is C=CCOc1cccc(NC(=O)CCc2ccc(S(=O)(=O)NC3CC3)cc2)c1. The Hall–Kier alpha value is -2.64. The van der Waals surface area contributed by atoms with E-state index in [1.165, 1.54) is 0 Å². The van der Waals surface area contributed by atoms with E-state index in [-0.39, 0.29) is 16.8 Å². The van der Waals surface area contributed by atoms with Gasteiger partial charge in [0, 0.05) is 24.2 Å². The first kappa shape index (κ1) is 20.1. The Morgan fingerprint density at radius 3 is 2.61 bits per heavy atom. The molecule has 0 heterocycles. The molecule has 6 nitrogen and oxygen atoms in total. The minimum atomic E-state index is -3.44. The van der Waals surface area contributed by atoms with Crippen molar-refractivity contribution in [3.63, 3.8) is 0 Å². The molecule has 2 aromatic carbocycles. The molecule has 1 saturated carbocycles. The van der Waals surface area contributed by atoms with Crippen molar-refractivity contribution in [2.45, 2.75) is 36.6 Å². The molecule has 0 bridgehead atoms. The standard InChI is InChI=1S/C21H24N2O4S/c1-2-14-27-19-5-3-4-18(15-19)22-21(24)13-8-16-6-11-20(12-7-16)28(25,26)23-17-9-10-17/h2-7,11-12,15,17,23H,1,8-10,13-14H2,(H,22,24). The van der Waals surface area contributed by atoms with Crippen LogP contribution in [0, 0.1) is 0 Å². The molecular formula is C21H24N2O4S. The summed E-state index contributed by atoms with van der Waals surface area (Å²) in [7, 11) is -3.44. The quantitative estimate of drug-likeness (QED) is 0.600. The van der Waals surface area contributed by atoms with Crippen molar-refractivity contribution in [2.24, 2.45) is 0 Å². The smallest absolute Gasteiger partial charge is 0.240 e. The van der Waals surface area contributed by atoms with Crippen LogP contribution in [0.4, 0.5) is 5.69 Å². The molecule has 1 aliphatic rings. The predicted octanol–water partition coefficient (Wildman–Crippen LogP) is 3.26. The average molecular weight is 401 g/mol. The number of aryl methyl sites for hydroxylation is 1. The van der Waals surface area contributed by atoms with Gasteiger partial charge in [-0.05, 0) is 49.1 Å². The Balaban J connectivity index is 1.51. The summed E-state index contributed by atoms with van der Waals surface area (Å²) in [5.41, 5.74) is 1.57. The summed E-state index contributed by atoms with van der Waals surface area (Å²) in [6.45, 7) is 4.00. The van der Waals surface area contributed by atoms with E-state index in [1.54, 1.807) is 42.5 Å². The van der Waals surface area contributed by atoms with E-state index in [0.29, 0.717) is 30.9 Å². The molecule has 1 aliphatic carbocycles. The van der Waals surface area contributed by atoms with Gasteiger partial charge in [-0.25, -0.2) is 13.1 Å². The number of amides is 1. The number of rotatable bonds is 10. The highest BCUT2D eigenvalue weighted by Gasteiger charge is 2.27. The van der Waals surface area contributed by atoms with E-state index in [2.05, 4.69) is 16.6 Å². The number of hydrogen-bond acceptors (Lipinski definition) is 4. The maximum Gasteiger partial charge on any atom is 0.240 e. The summed E-state index contributed by atoms with van der Waals surface area (Å²) in [4.78, 5) is 12.4. The second kappa shape index (κ2) is 9.03. The lowest BCUT2D eigenvalue weighted by Crippen LogP contribution is -2.25. The number of carbonyl (C=O) groups is 1. The fraction of sp³-hybridized carbons (Fsp3) is 0.286. The molecule has 0 spiro atoms. The first-order valence-electron chi connectivity index (χ1n) is 9.21. The van der Waals surface area contributed by atoms with Crippen LogP contribution in [0.1, 0.15) is 24.8 Å². The minimum Gasteiger partial charge on any atom is -0.489 e. The Morgan fingerprint density at radius 2 is 1.93 bits per heavy atom. The molecule has 0 saturated heterocycles. The third-order valence-corrected chi connectivity index (χ3v) is 5.80. The second-order valence-electron chi connectivity index (χ2n) is 6.72. The third kappa shape index (κ3) is 5.94. The molecule has 28 heavy (non-hydrogen) atoms. The fourth-order valence-electron chi connectivity index (χ4n) is 2.62. The van der Waals surface area contributed by atoms with Gasteiger partial charge < -0.3 is 10.1 Å². The first-order chi connectivity index (χ1) is 13.5.